The lowest BCUT2D eigenvalue weighted by Gasteiger charge is -2.12. The summed E-state index contributed by atoms with van der Waals surface area (Å²) in [6.45, 7) is 0.0660. The maximum atomic E-state index is 13.3. The van der Waals surface area contributed by atoms with Crippen molar-refractivity contribution in [1.82, 2.24) is 4.57 Å². The highest BCUT2D eigenvalue weighted by Crippen LogP contribution is 2.36. The number of hydrogen-bond acceptors (Lipinski definition) is 2. The number of nitrogens with two attached hydrogens (primary N) is 2. The largest absolute Gasteiger partial charge is 0.416 e. The first kappa shape index (κ1) is 19.5. The highest BCUT2D eigenvalue weighted by Gasteiger charge is 2.31. The Kier molecular flexibility index (Phi) is 4.49. The zero-order valence-corrected chi connectivity index (χ0v) is 15.5. The number of nitrogens with zero attached hydrogens (tertiary/aromatic N) is 1. The fourth-order valence-electron chi connectivity index (χ4n) is 3.66. The van der Waals surface area contributed by atoms with Gasteiger partial charge in [-0.15, -0.1) is 0 Å². The van der Waals surface area contributed by atoms with Crippen LogP contribution in [0.25, 0.3) is 21.8 Å². The van der Waals surface area contributed by atoms with Crippen LogP contribution in [0.4, 0.5) is 13.2 Å². The summed E-state index contributed by atoms with van der Waals surface area (Å²) >= 11 is 0. The molecular formula is C22H15F3N3O2. The number of fused-ring (bicyclic) bond motifs is 3. The standard InChI is InChI=1S/C22H15F3N3O2/c23-22(24,25)13-8-9-15-18(10-13)28(11-12-4-1-2-5-14(12)20(26)29)17-7-3-6-16(19(15)17)21(27)30/h1-8,10H,11H2,(H2,26,29)(H2,27,30). The van der Waals surface area contributed by atoms with Crippen LogP contribution in [0.3, 0.4) is 0 Å². The van der Waals surface area contributed by atoms with E-state index < -0.39 is 23.6 Å². The number of primary amides is 2. The molecule has 2 amide bonds. The molecule has 0 fully saturated rings. The van der Waals surface area contributed by atoms with E-state index in [1.54, 1.807) is 41.0 Å². The zero-order valence-electron chi connectivity index (χ0n) is 15.5. The molecule has 0 atom stereocenters. The van der Waals surface area contributed by atoms with Gasteiger partial charge in [-0.25, -0.2) is 0 Å². The molecule has 0 unspecified atom stereocenters. The van der Waals surface area contributed by atoms with E-state index in [-0.39, 0.29) is 23.2 Å². The Bertz CT molecular complexity index is 1320. The summed E-state index contributed by atoms with van der Waals surface area (Å²) in [5.41, 5.74) is 11.7. The quantitative estimate of drug-likeness (QED) is 0.535. The third-order valence-corrected chi connectivity index (χ3v) is 5.00. The molecule has 3 aromatic carbocycles. The smallest absolute Gasteiger partial charge is 0.366 e. The van der Waals surface area contributed by atoms with E-state index in [0.29, 0.717) is 21.9 Å². The first-order valence-corrected chi connectivity index (χ1v) is 8.90. The van der Waals surface area contributed by atoms with Crippen molar-refractivity contribution < 1.29 is 22.8 Å². The number of halogens is 3. The van der Waals surface area contributed by atoms with Crippen molar-refractivity contribution in [3.63, 3.8) is 0 Å². The van der Waals surface area contributed by atoms with Crippen LogP contribution in [-0.2, 0) is 12.7 Å². The lowest BCUT2D eigenvalue weighted by Crippen LogP contribution is -2.15. The molecule has 1 heterocycles. The van der Waals surface area contributed by atoms with E-state index in [2.05, 4.69) is 6.07 Å². The fraction of sp³-hybridized carbons (Fsp3) is 0.0909. The van der Waals surface area contributed by atoms with Crippen molar-refractivity contribution >= 4 is 33.6 Å². The summed E-state index contributed by atoms with van der Waals surface area (Å²) < 4.78 is 41.6. The maximum absolute atomic E-state index is 13.3. The predicted octanol–water partition coefficient (Wildman–Crippen LogP) is 3.86. The third kappa shape index (κ3) is 3.16. The number of benzene rings is 3. The van der Waals surface area contributed by atoms with Gasteiger partial charge in [-0.05, 0) is 42.0 Å². The van der Waals surface area contributed by atoms with Crippen LogP contribution in [0.1, 0.15) is 31.8 Å². The Morgan fingerprint density at radius 3 is 2.27 bits per heavy atom. The third-order valence-electron chi connectivity index (χ3n) is 5.00. The topological polar surface area (TPSA) is 91.1 Å². The van der Waals surface area contributed by atoms with Crippen LogP contribution in [0.5, 0.6) is 0 Å². The average molecular weight is 410 g/mol. The second-order valence-electron chi connectivity index (χ2n) is 6.82. The van der Waals surface area contributed by atoms with Crippen LogP contribution < -0.4 is 11.5 Å². The van der Waals surface area contributed by atoms with Gasteiger partial charge in [0.1, 0.15) is 0 Å². The average Bonchev–Trinajstić information content (AvgIpc) is 3.01. The molecule has 1 radical (unpaired) electrons. The van der Waals surface area contributed by atoms with E-state index in [4.69, 9.17) is 11.5 Å². The molecule has 151 valence electrons. The predicted molar refractivity (Wildman–Crippen MR) is 106 cm³/mol. The highest BCUT2D eigenvalue weighted by atomic mass is 19.4. The zero-order chi connectivity index (χ0) is 21.6. The first-order chi connectivity index (χ1) is 14.2. The molecule has 0 bridgehead atoms. The number of carbonyl (C=O) groups excluding carboxylic acids is 2. The Balaban J connectivity index is 2.07. The molecule has 0 aliphatic rings. The van der Waals surface area contributed by atoms with Crippen molar-refractivity contribution in [1.29, 1.82) is 0 Å². The molecule has 4 aromatic rings. The Labute approximate surface area is 168 Å². The molecule has 5 nitrogen and oxygen atoms in total. The number of rotatable bonds is 4. The van der Waals surface area contributed by atoms with Crippen LogP contribution in [-0.4, -0.2) is 16.4 Å². The number of amides is 2. The Hall–Kier alpha value is -3.81. The lowest BCUT2D eigenvalue weighted by molar-refractivity contribution is -0.137. The fourth-order valence-corrected chi connectivity index (χ4v) is 3.66. The van der Waals surface area contributed by atoms with Gasteiger partial charge in [0.2, 0.25) is 11.8 Å². The van der Waals surface area contributed by atoms with Gasteiger partial charge in [0, 0.05) is 28.4 Å². The molecule has 0 saturated carbocycles. The van der Waals surface area contributed by atoms with E-state index in [0.717, 1.165) is 12.1 Å². The van der Waals surface area contributed by atoms with E-state index in [1.807, 2.05) is 0 Å². The molecule has 1 aromatic heterocycles. The van der Waals surface area contributed by atoms with E-state index >= 15 is 0 Å². The number of carbonyl (C=O) groups is 2. The summed E-state index contributed by atoms with van der Waals surface area (Å²) in [5.74, 6) is -1.35. The van der Waals surface area contributed by atoms with Crippen LogP contribution in [0.2, 0.25) is 0 Å². The summed E-state index contributed by atoms with van der Waals surface area (Å²) in [7, 11) is 0. The summed E-state index contributed by atoms with van der Waals surface area (Å²) in [4.78, 5) is 23.8. The molecule has 8 heteroatoms. The monoisotopic (exact) mass is 410 g/mol. The van der Waals surface area contributed by atoms with E-state index in [9.17, 15) is 22.8 Å². The molecular weight excluding hydrogens is 395 g/mol. The van der Waals surface area contributed by atoms with Gasteiger partial charge < -0.3 is 16.0 Å². The molecule has 4 rings (SSSR count). The van der Waals surface area contributed by atoms with Gasteiger partial charge in [0.15, 0.2) is 0 Å². The Morgan fingerprint density at radius 1 is 0.933 bits per heavy atom. The van der Waals surface area contributed by atoms with Crippen molar-refractivity contribution in [2.45, 2.75) is 12.7 Å². The maximum Gasteiger partial charge on any atom is 0.416 e. The molecule has 0 saturated heterocycles. The highest BCUT2D eigenvalue weighted by molar-refractivity contribution is 6.17. The molecule has 0 spiro atoms. The lowest BCUT2D eigenvalue weighted by atomic mass is 10.0. The van der Waals surface area contributed by atoms with Crippen molar-refractivity contribution in [3.8, 4) is 0 Å². The van der Waals surface area contributed by atoms with Crippen LogP contribution in [0.15, 0.2) is 54.6 Å². The van der Waals surface area contributed by atoms with E-state index in [1.165, 1.54) is 6.07 Å². The summed E-state index contributed by atoms with van der Waals surface area (Å²) in [6.07, 6.45) is -4.57. The second kappa shape index (κ2) is 6.91. The van der Waals surface area contributed by atoms with Crippen LogP contribution >= 0.6 is 0 Å². The Morgan fingerprint density at radius 2 is 1.60 bits per heavy atom. The minimum absolute atomic E-state index is 0.0660. The molecule has 0 aliphatic carbocycles. The second-order valence-corrected chi connectivity index (χ2v) is 6.82. The van der Waals surface area contributed by atoms with Crippen molar-refractivity contribution in [3.05, 3.63) is 82.9 Å². The summed E-state index contributed by atoms with van der Waals surface area (Å²) in [6, 6.07) is 15.9. The summed E-state index contributed by atoms with van der Waals surface area (Å²) in [5, 5.41) is 0.745. The minimum Gasteiger partial charge on any atom is -0.366 e. The first-order valence-electron chi connectivity index (χ1n) is 8.90. The number of aromatic nitrogens is 1. The number of alkyl halides is 3. The van der Waals surface area contributed by atoms with Gasteiger partial charge in [0.05, 0.1) is 16.6 Å². The van der Waals surface area contributed by atoms with Gasteiger partial charge in [-0.2, -0.15) is 13.2 Å². The van der Waals surface area contributed by atoms with Crippen LogP contribution in [0, 0.1) is 6.07 Å². The normalized spacial score (nSPS) is 11.8. The van der Waals surface area contributed by atoms with Crippen molar-refractivity contribution in [2.24, 2.45) is 11.5 Å². The van der Waals surface area contributed by atoms with Gasteiger partial charge in [-0.1, -0.05) is 24.3 Å². The molecule has 0 aliphatic heterocycles. The molecule has 30 heavy (non-hydrogen) atoms. The number of hydrogen-bond donors (Lipinski definition) is 2. The van der Waals surface area contributed by atoms with Crippen molar-refractivity contribution in [2.75, 3.05) is 0 Å². The van der Waals surface area contributed by atoms with Gasteiger partial charge in [-0.3, -0.25) is 9.59 Å². The van der Waals surface area contributed by atoms with Gasteiger partial charge in [0.25, 0.3) is 0 Å². The SMILES string of the molecule is NC(=O)c1ccccc1Cn1c2cc(C(F)(F)F)c[c]c2c2c(C(N)=O)cccc21. The minimum atomic E-state index is -4.57. The molecule has 4 N–H and O–H groups in total. The van der Waals surface area contributed by atoms with Gasteiger partial charge >= 0.3 is 6.18 Å².